The molecule has 106 valence electrons. The number of halogens is 2. The summed E-state index contributed by atoms with van der Waals surface area (Å²) in [5, 5.41) is 2.91. The van der Waals surface area contributed by atoms with Gasteiger partial charge < -0.3 is 5.73 Å². The summed E-state index contributed by atoms with van der Waals surface area (Å²) in [4.78, 5) is 4.63. The minimum atomic E-state index is -0.273. The highest BCUT2D eigenvalue weighted by atomic mass is 79.9. The molecule has 0 amide bonds. The van der Waals surface area contributed by atoms with Gasteiger partial charge in [0.1, 0.15) is 10.8 Å². The van der Waals surface area contributed by atoms with Gasteiger partial charge in [0.05, 0.1) is 10.2 Å². The van der Waals surface area contributed by atoms with Gasteiger partial charge in [0.2, 0.25) is 0 Å². The molecule has 3 aromatic rings. The van der Waals surface area contributed by atoms with Crippen LogP contribution >= 0.6 is 27.3 Å². The molecule has 2 N–H and O–H groups in total. The first kappa shape index (κ1) is 14.4. The molecule has 0 saturated carbocycles. The summed E-state index contributed by atoms with van der Waals surface area (Å²) in [6, 6.07) is 12.9. The minimum absolute atomic E-state index is 0.273. The van der Waals surface area contributed by atoms with E-state index in [1.165, 1.54) is 6.07 Å². The number of benzene rings is 2. The largest absolute Gasteiger partial charge is 0.326 e. The molecule has 0 aliphatic heterocycles. The zero-order valence-electron chi connectivity index (χ0n) is 11.0. The second-order valence-electron chi connectivity index (χ2n) is 4.57. The number of hydrogen-bond acceptors (Lipinski definition) is 3. The van der Waals surface area contributed by atoms with Crippen molar-refractivity contribution in [2.45, 2.75) is 6.54 Å². The van der Waals surface area contributed by atoms with E-state index in [1.807, 2.05) is 29.6 Å². The molecular weight excluding hydrogens is 351 g/mol. The number of aromatic nitrogens is 1. The molecule has 5 heteroatoms. The van der Waals surface area contributed by atoms with Gasteiger partial charge in [0, 0.05) is 23.1 Å². The highest BCUT2D eigenvalue weighted by molar-refractivity contribution is 9.10. The van der Waals surface area contributed by atoms with Crippen LogP contribution in [0.25, 0.3) is 21.8 Å². The van der Waals surface area contributed by atoms with Crippen LogP contribution in [0, 0.1) is 5.82 Å². The summed E-state index contributed by atoms with van der Waals surface area (Å²) < 4.78 is 13.7. The lowest BCUT2D eigenvalue weighted by Crippen LogP contribution is -1.95. The summed E-state index contributed by atoms with van der Waals surface area (Å²) >= 11 is 4.77. The van der Waals surface area contributed by atoms with Crippen LogP contribution < -0.4 is 5.73 Å². The van der Waals surface area contributed by atoms with Crippen molar-refractivity contribution in [3.8, 4) is 21.8 Å². The lowest BCUT2D eigenvalue weighted by atomic mass is 10.1. The predicted molar refractivity (Wildman–Crippen MR) is 88.5 cm³/mol. The fraction of sp³-hybridized carbons (Fsp3) is 0.0625. The molecule has 3 rings (SSSR count). The molecule has 0 unspecified atom stereocenters. The van der Waals surface area contributed by atoms with Crippen LogP contribution in [-0.4, -0.2) is 4.98 Å². The van der Waals surface area contributed by atoms with E-state index in [0.717, 1.165) is 27.4 Å². The van der Waals surface area contributed by atoms with E-state index < -0.39 is 0 Å². The Labute approximate surface area is 134 Å². The number of rotatable bonds is 3. The molecular formula is C16H12BrFN2S. The van der Waals surface area contributed by atoms with Crippen LogP contribution in [0.5, 0.6) is 0 Å². The van der Waals surface area contributed by atoms with E-state index in [1.54, 1.807) is 23.5 Å². The van der Waals surface area contributed by atoms with E-state index in [2.05, 4.69) is 20.9 Å². The lowest BCUT2D eigenvalue weighted by molar-refractivity contribution is 0.621. The van der Waals surface area contributed by atoms with Gasteiger partial charge in [-0.15, -0.1) is 11.3 Å². The smallest absolute Gasteiger partial charge is 0.137 e. The van der Waals surface area contributed by atoms with Gasteiger partial charge in [-0.1, -0.05) is 18.2 Å². The first-order valence-corrected chi connectivity index (χ1v) is 8.05. The van der Waals surface area contributed by atoms with E-state index in [0.29, 0.717) is 11.0 Å². The van der Waals surface area contributed by atoms with Crippen molar-refractivity contribution < 1.29 is 4.39 Å². The van der Waals surface area contributed by atoms with E-state index >= 15 is 0 Å². The summed E-state index contributed by atoms with van der Waals surface area (Å²) in [6.07, 6.45) is 0. The molecule has 0 saturated heterocycles. The predicted octanol–water partition coefficient (Wildman–Crippen LogP) is 4.84. The fourth-order valence-corrected chi connectivity index (χ4v) is 3.23. The molecule has 0 radical (unpaired) electrons. The number of nitrogens with two attached hydrogens (primary N) is 1. The SMILES string of the molecule is NCc1cccc(-c2nc(-c3ccc(F)c(Br)c3)cs2)c1. The average Bonchev–Trinajstić information content (AvgIpc) is 3.00. The first-order valence-electron chi connectivity index (χ1n) is 6.37. The van der Waals surface area contributed by atoms with Gasteiger partial charge in [-0.25, -0.2) is 9.37 Å². The average molecular weight is 363 g/mol. The molecule has 21 heavy (non-hydrogen) atoms. The van der Waals surface area contributed by atoms with E-state index in [9.17, 15) is 4.39 Å². The maximum atomic E-state index is 13.3. The van der Waals surface area contributed by atoms with Crippen molar-refractivity contribution in [1.82, 2.24) is 4.98 Å². The van der Waals surface area contributed by atoms with Crippen molar-refractivity contribution >= 4 is 27.3 Å². The number of hydrogen-bond donors (Lipinski definition) is 1. The Balaban J connectivity index is 1.97. The molecule has 0 fully saturated rings. The maximum Gasteiger partial charge on any atom is 0.137 e. The Hall–Kier alpha value is -1.56. The standard InChI is InChI=1S/C16H12BrFN2S/c17-13-7-11(4-5-14(13)18)15-9-21-16(20-15)12-3-1-2-10(6-12)8-19/h1-7,9H,8,19H2. The first-order chi connectivity index (χ1) is 10.2. The Morgan fingerprint density at radius 2 is 2.00 bits per heavy atom. The summed E-state index contributed by atoms with van der Waals surface area (Å²) in [6.45, 7) is 0.511. The van der Waals surface area contributed by atoms with Crippen LogP contribution in [-0.2, 0) is 6.54 Å². The Kier molecular flexibility index (Phi) is 4.14. The van der Waals surface area contributed by atoms with Crippen LogP contribution in [0.1, 0.15) is 5.56 Å². The summed E-state index contributed by atoms with van der Waals surface area (Å²) in [5.74, 6) is -0.273. The maximum absolute atomic E-state index is 13.3. The van der Waals surface area contributed by atoms with Crippen LogP contribution in [0.4, 0.5) is 4.39 Å². The van der Waals surface area contributed by atoms with E-state index in [-0.39, 0.29) is 5.82 Å². The van der Waals surface area contributed by atoms with Crippen molar-refractivity contribution in [3.63, 3.8) is 0 Å². The number of thiazole rings is 1. The van der Waals surface area contributed by atoms with Crippen LogP contribution in [0.2, 0.25) is 0 Å². The third-order valence-electron chi connectivity index (χ3n) is 3.13. The zero-order chi connectivity index (χ0) is 14.8. The molecule has 0 atom stereocenters. The third kappa shape index (κ3) is 3.05. The van der Waals surface area contributed by atoms with Gasteiger partial charge in [0.25, 0.3) is 0 Å². The lowest BCUT2D eigenvalue weighted by Gasteiger charge is -2.01. The fourth-order valence-electron chi connectivity index (χ4n) is 2.03. The molecule has 1 heterocycles. The highest BCUT2D eigenvalue weighted by Crippen LogP contribution is 2.31. The number of nitrogens with zero attached hydrogens (tertiary/aromatic N) is 1. The molecule has 0 spiro atoms. The quantitative estimate of drug-likeness (QED) is 0.723. The van der Waals surface area contributed by atoms with Gasteiger partial charge in [-0.3, -0.25) is 0 Å². The van der Waals surface area contributed by atoms with Gasteiger partial charge in [-0.2, -0.15) is 0 Å². The topological polar surface area (TPSA) is 38.9 Å². The highest BCUT2D eigenvalue weighted by Gasteiger charge is 2.09. The van der Waals surface area contributed by atoms with Crippen molar-refractivity contribution in [2.75, 3.05) is 0 Å². The van der Waals surface area contributed by atoms with Crippen molar-refractivity contribution in [1.29, 1.82) is 0 Å². The molecule has 2 nitrogen and oxygen atoms in total. The molecule has 2 aromatic carbocycles. The summed E-state index contributed by atoms with van der Waals surface area (Å²) in [7, 11) is 0. The second-order valence-corrected chi connectivity index (χ2v) is 6.28. The Morgan fingerprint density at radius 3 is 2.76 bits per heavy atom. The monoisotopic (exact) mass is 362 g/mol. The van der Waals surface area contributed by atoms with Gasteiger partial charge in [-0.05, 0) is 45.8 Å². The molecule has 0 aliphatic rings. The summed E-state index contributed by atoms with van der Waals surface area (Å²) in [5.41, 5.74) is 9.53. The van der Waals surface area contributed by atoms with Crippen LogP contribution in [0.3, 0.4) is 0 Å². The van der Waals surface area contributed by atoms with Crippen molar-refractivity contribution in [3.05, 3.63) is 63.7 Å². The van der Waals surface area contributed by atoms with Crippen molar-refractivity contribution in [2.24, 2.45) is 5.73 Å². The van der Waals surface area contributed by atoms with Gasteiger partial charge >= 0.3 is 0 Å². The molecule has 0 bridgehead atoms. The normalized spacial score (nSPS) is 10.8. The van der Waals surface area contributed by atoms with E-state index in [4.69, 9.17) is 5.73 Å². The van der Waals surface area contributed by atoms with Gasteiger partial charge in [0.15, 0.2) is 0 Å². The molecule has 1 aromatic heterocycles. The zero-order valence-corrected chi connectivity index (χ0v) is 13.4. The third-order valence-corrected chi connectivity index (χ3v) is 4.63. The van der Waals surface area contributed by atoms with Crippen LogP contribution in [0.15, 0.2) is 52.3 Å². The Morgan fingerprint density at radius 1 is 1.14 bits per heavy atom. The minimum Gasteiger partial charge on any atom is -0.326 e. The Bertz CT molecular complexity index is 785. The second kappa shape index (κ2) is 6.05. The molecule has 0 aliphatic carbocycles.